The van der Waals surface area contributed by atoms with Gasteiger partial charge in [-0.15, -0.1) is 0 Å². The molecule has 27 heavy (non-hydrogen) atoms. The van der Waals surface area contributed by atoms with Gasteiger partial charge < -0.3 is 10.6 Å². The van der Waals surface area contributed by atoms with Gasteiger partial charge in [0.1, 0.15) is 0 Å². The molecule has 1 amide bonds. The van der Waals surface area contributed by atoms with Gasteiger partial charge in [-0.05, 0) is 52.9 Å². The highest BCUT2D eigenvalue weighted by Gasteiger charge is 2.14. The standard InChI is InChI=1S/C24H26N2O/c1-24(2,3)20-13-11-19(12-14-20)23(27)26-22-15-9-18(10-16-22)17-25-21-7-5-4-6-8-21/h4-16,25H,17H2,1-3H3,(H,26,27). The summed E-state index contributed by atoms with van der Waals surface area (Å²) in [6.45, 7) is 7.23. The van der Waals surface area contributed by atoms with E-state index in [1.165, 1.54) is 5.56 Å². The van der Waals surface area contributed by atoms with Crippen LogP contribution in [0.3, 0.4) is 0 Å². The monoisotopic (exact) mass is 358 g/mol. The summed E-state index contributed by atoms with van der Waals surface area (Å²) in [4.78, 5) is 12.4. The second-order valence-electron chi connectivity index (χ2n) is 7.70. The molecule has 0 saturated carbocycles. The van der Waals surface area contributed by atoms with Gasteiger partial charge in [-0.3, -0.25) is 4.79 Å². The minimum absolute atomic E-state index is 0.0820. The average Bonchev–Trinajstić information content (AvgIpc) is 2.68. The van der Waals surface area contributed by atoms with Gasteiger partial charge in [0.15, 0.2) is 0 Å². The molecule has 0 bridgehead atoms. The van der Waals surface area contributed by atoms with Gasteiger partial charge in [0.05, 0.1) is 0 Å². The van der Waals surface area contributed by atoms with Crippen molar-refractivity contribution in [3.8, 4) is 0 Å². The highest BCUT2D eigenvalue weighted by atomic mass is 16.1. The Balaban J connectivity index is 1.58. The minimum Gasteiger partial charge on any atom is -0.381 e. The predicted molar refractivity (Wildman–Crippen MR) is 113 cm³/mol. The second-order valence-corrected chi connectivity index (χ2v) is 7.70. The molecule has 0 aliphatic carbocycles. The van der Waals surface area contributed by atoms with Crippen molar-refractivity contribution in [2.75, 3.05) is 10.6 Å². The molecule has 138 valence electrons. The molecule has 0 unspecified atom stereocenters. The number of hydrogen-bond acceptors (Lipinski definition) is 2. The molecule has 0 fully saturated rings. The van der Waals surface area contributed by atoms with E-state index in [2.05, 4.69) is 31.4 Å². The molecule has 3 nitrogen and oxygen atoms in total. The first kappa shape index (κ1) is 18.7. The maximum atomic E-state index is 12.4. The Hall–Kier alpha value is -3.07. The third-order valence-corrected chi connectivity index (χ3v) is 4.50. The zero-order chi connectivity index (χ0) is 19.3. The maximum Gasteiger partial charge on any atom is 0.255 e. The number of anilines is 2. The van der Waals surface area contributed by atoms with Crippen LogP contribution in [0, 0.1) is 0 Å². The van der Waals surface area contributed by atoms with Crippen molar-refractivity contribution in [3.63, 3.8) is 0 Å². The Morgan fingerprint density at radius 2 is 1.41 bits per heavy atom. The summed E-state index contributed by atoms with van der Waals surface area (Å²) in [6.07, 6.45) is 0. The quantitative estimate of drug-likeness (QED) is 0.601. The van der Waals surface area contributed by atoms with Crippen LogP contribution in [0.25, 0.3) is 0 Å². The van der Waals surface area contributed by atoms with Gasteiger partial charge in [-0.1, -0.05) is 63.2 Å². The van der Waals surface area contributed by atoms with Gasteiger partial charge in [-0.25, -0.2) is 0 Å². The number of carbonyl (C=O) groups is 1. The van der Waals surface area contributed by atoms with Crippen LogP contribution < -0.4 is 10.6 Å². The predicted octanol–water partition coefficient (Wildman–Crippen LogP) is 5.85. The van der Waals surface area contributed by atoms with Crippen LogP contribution in [0.1, 0.15) is 42.3 Å². The molecule has 0 aliphatic rings. The van der Waals surface area contributed by atoms with Gasteiger partial charge in [0, 0.05) is 23.5 Å². The largest absolute Gasteiger partial charge is 0.381 e. The molecule has 3 heteroatoms. The van der Waals surface area contributed by atoms with Crippen LogP contribution in [0.2, 0.25) is 0 Å². The maximum absolute atomic E-state index is 12.4. The molecule has 0 aliphatic heterocycles. The molecule has 0 heterocycles. The van der Waals surface area contributed by atoms with Gasteiger partial charge >= 0.3 is 0 Å². The van der Waals surface area contributed by atoms with E-state index in [0.717, 1.165) is 23.5 Å². The molecule has 0 atom stereocenters. The van der Waals surface area contributed by atoms with E-state index in [4.69, 9.17) is 0 Å². The molecular formula is C24H26N2O. The summed E-state index contributed by atoms with van der Waals surface area (Å²) in [6, 6.07) is 25.8. The van der Waals surface area contributed by atoms with E-state index < -0.39 is 0 Å². The van der Waals surface area contributed by atoms with Crippen LogP contribution in [-0.2, 0) is 12.0 Å². The summed E-state index contributed by atoms with van der Waals surface area (Å²) in [5, 5.41) is 6.34. The third-order valence-electron chi connectivity index (χ3n) is 4.50. The van der Waals surface area contributed by atoms with Crippen LogP contribution in [-0.4, -0.2) is 5.91 Å². The van der Waals surface area contributed by atoms with Crippen LogP contribution >= 0.6 is 0 Å². The van der Waals surface area contributed by atoms with Crippen molar-refractivity contribution >= 4 is 17.3 Å². The van der Waals surface area contributed by atoms with E-state index in [9.17, 15) is 4.79 Å². The number of nitrogens with one attached hydrogen (secondary N) is 2. The van der Waals surface area contributed by atoms with Crippen molar-refractivity contribution in [2.24, 2.45) is 0 Å². The summed E-state index contributed by atoms with van der Waals surface area (Å²) >= 11 is 0. The number of para-hydroxylation sites is 1. The first-order valence-corrected chi connectivity index (χ1v) is 9.21. The van der Waals surface area contributed by atoms with E-state index in [1.54, 1.807) is 0 Å². The lowest BCUT2D eigenvalue weighted by Gasteiger charge is -2.19. The van der Waals surface area contributed by atoms with E-state index in [-0.39, 0.29) is 11.3 Å². The topological polar surface area (TPSA) is 41.1 Å². The molecular weight excluding hydrogens is 332 g/mol. The van der Waals surface area contributed by atoms with Crippen molar-refractivity contribution < 1.29 is 4.79 Å². The number of rotatable bonds is 5. The van der Waals surface area contributed by atoms with Crippen LogP contribution in [0.5, 0.6) is 0 Å². The van der Waals surface area contributed by atoms with E-state index in [1.807, 2.05) is 78.9 Å². The van der Waals surface area contributed by atoms with E-state index in [0.29, 0.717) is 5.56 Å². The molecule has 2 N–H and O–H groups in total. The third kappa shape index (κ3) is 5.20. The Kier molecular flexibility index (Phi) is 5.60. The highest BCUT2D eigenvalue weighted by molar-refractivity contribution is 6.04. The highest BCUT2D eigenvalue weighted by Crippen LogP contribution is 2.22. The summed E-state index contributed by atoms with van der Waals surface area (Å²) in [7, 11) is 0. The Labute approximate surface area is 161 Å². The van der Waals surface area contributed by atoms with E-state index >= 15 is 0 Å². The lowest BCUT2D eigenvalue weighted by Crippen LogP contribution is -2.14. The number of benzene rings is 3. The molecule has 0 saturated heterocycles. The molecule has 0 radical (unpaired) electrons. The molecule has 3 aromatic rings. The van der Waals surface area contributed by atoms with Crippen molar-refractivity contribution in [2.45, 2.75) is 32.7 Å². The average molecular weight is 358 g/mol. The molecule has 0 aromatic heterocycles. The minimum atomic E-state index is -0.0920. The second kappa shape index (κ2) is 8.09. The Bertz CT molecular complexity index is 876. The lowest BCUT2D eigenvalue weighted by molar-refractivity contribution is 0.102. The zero-order valence-corrected chi connectivity index (χ0v) is 16.1. The number of amides is 1. The molecule has 0 spiro atoms. The van der Waals surface area contributed by atoms with Crippen molar-refractivity contribution in [3.05, 3.63) is 95.6 Å². The normalized spacial score (nSPS) is 11.1. The fraction of sp³-hybridized carbons (Fsp3) is 0.208. The first-order chi connectivity index (χ1) is 12.9. The SMILES string of the molecule is CC(C)(C)c1ccc(C(=O)Nc2ccc(CNc3ccccc3)cc2)cc1. The lowest BCUT2D eigenvalue weighted by atomic mass is 9.87. The van der Waals surface area contributed by atoms with Gasteiger partial charge in [0.2, 0.25) is 0 Å². The summed E-state index contributed by atoms with van der Waals surface area (Å²) < 4.78 is 0. The fourth-order valence-corrected chi connectivity index (χ4v) is 2.79. The summed E-state index contributed by atoms with van der Waals surface area (Å²) in [5.74, 6) is -0.0920. The summed E-state index contributed by atoms with van der Waals surface area (Å²) in [5.41, 5.74) is 5.01. The van der Waals surface area contributed by atoms with Gasteiger partial charge in [-0.2, -0.15) is 0 Å². The first-order valence-electron chi connectivity index (χ1n) is 9.21. The molecule has 3 rings (SSSR count). The smallest absolute Gasteiger partial charge is 0.255 e. The van der Waals surface area contributed by atoms with Crippen molar-refractivity contribution in [1.82, 2.24) is 0 Å². The number of carbonyl (C=O) groups excluding carboxylic acids is 1. The van der Waals surface area contributed by atoms with Crippen LogP contribution in [0.15, 0.2) is 78.9 Å². The Morgan fingerprint density at radius 1 is 0.778 bits per heavy atom. The van der Waals surface area contributed by atoms with Gasteiger partial charge in [0.25, 0.3) is 5.91 Å². The zero-order valence-electron chi connectivity index (χ0n) is 16.1. The molecule has 3 aromatic carbocycles. The Morgan fingerprint density at radius 3 is 2.00 bits per heavy atom. The van der Waals surface area contributed by atoms with Crippen LogP contribution in [0.4, 0.5) is 11.4 Å². The number of hydrogen-bond donors (Lipinski definition) is 2. The fourth-order valence-electron chi connectivity index (χ4n) is 2.79. The van der Waals surface area contributed by atoms with Crippen molar-refractivity contribution in [1.29, 1.82) is 0 Å².